The summed E-state index contributed by atoms with van der Waals surface area (Å²) in [7, 11) is 6.50. The van der Waals surface area contributed by atoms with Crippen LogP contribution in [0.5, 0.6) is 17.2 Å². The minimum Gasteiger partial charge on any atom is -0.493 e. The Morgan fingerprint density at radius 2 is 1.79 bits per heavy atom. The molecular weight excluding hydrogens is 376 g/mol. The number of aryl methyl sites for hydroxylation is 1. The maximum atomic E-state index is 12.7. The van der Waals surface area contributed by atoms with Gasteiger partial charge in [0.05, 0.1) is 33.2 Å². The molecule has 0 aliphatic heterocycles. The molecule has 3 heterocycles. The molecule has 0 unspecified atom stereocenters. The van der Waals surface area contributed by atoms with Crippen LogP contribution in [0.15, 0.2) is 36.8 Å². The number of benzene rings is 1. The molecule has 10 nitrogen and oxygen atoms in total. The zero-order valence-electron chi connectivity index (χ0n) is 16.4. The van der Waals surface area contributed by atoms with Crippen LogP contribution < -0.4 is 19.5 Å². The smallest absolute Gasteiger partial charge is 0.262 e. The molecule has 2 N–H and O–H groups in total. The number of amides is 1. The summed E-state index contributed by atoms with van der Waals surface area (Å²) in [5, 5.41) is 14.1. The number of fused-ring (bicyclic) bond motifs is 1. The number of hydrogen-bond acceptors (Lipinski definition) is 6. The molecule has 0 aliphatic carbocycles. The molecule has 10 heteroatoms. The van der Waals surface area contributed by atoms with Crippen molar-refractivity contribution in [2.24, 2.45) is 7.05 Å². The van der Waals surface area contributed by atoms with Gasteiger partial charge in [-0.1, -0.05) is 0 Å². The average Bonchev–Trinajstić information content (AvgIpc) is 3.45. The Bertz CT molecular complexity index is 1160. The molecule has 4 aromatic rings. The summed E-state index contributed by atoms with van der Waals surface area (Å²) < 4.78 is 19.6. The molecule has 1 amide bonds. The topological polar surface area (TPSA) is 108 Å². The molecule has 0 bridgehead atoms. The number of ether oxygens (including phenoxy) is 3. The van der Waals surface area contributed by atoms with E-state index in [1.807, 2.05) is 17.8 Å². The van der Waals surface area contributed by atoms with E-state index < -0.39 is 0 Å². The molecule has 29 heavy (non-hydrogen) atoms. The van der Waals surface area contributed by atoms with E-state index >= 15 is 0 Å². The van der Waals surface area contributed by atoms with Gasteiger partial charge in [-0.05, 0) is 12.1 Å². The maximum Gasteiger partial charge on any atom is 0.262 e. The number of H-pyrrole nitrogens is 1. The molecule has 4 rings (SSSR count). The van der Waals surface area contributed by atoms with Crippen molar-refractivity contribution in [2.75, 3.05) is 26.6 Å². The number of methoxy groups -OCH3 is 3. The van der Waals surface area contributed by atoms with Gasteiger partial charge in [0, 0.05) is 31.1 Å². The highest BCUT2D eigenvalue weighted by Crippen LogP contribution is 2.41. The number of nitrogens with zero attached hydrogens (tertiary/aromatic N) is 4. The van der Waals surface area contributed by atoms with Crippen molar-refractivity contribution in [3.05, 3.63) is 42.4 Å². The number of rotatable bonds is 6. The van der Waals surface area contributed by atoms with Crippen molar-refractivity contribution in [2.45, 2.75) is 0 Å². The van der Waals surface area contributed by atoms with Crippen LogP contribution in [0.25, 0.3) is 16.9 Å². The minimum atomic E-state index is -0.301. The zero-order chi connectivity index (χ0) is 20.5. The molecular formula is C19H20N6O4. The number of carbonyl (C=O) groups excluding carboxylic acids is 1. The van der Waals surface area contributed by atoms with Gasteiger partial charge >= 0.3 is 0 Å². The second kappa shape index (κ2) is 7.23. The van der Waals surface area contributed by atoms with E-state index in [4.69, 9.17) is 14.2 Å². The van der Waals surface area contributed by atoms with Crippen LogP contribution in [0.1, 0.15) is 10.4 Å². The van der Waals surface area contributed by atoms with Crippen molar-refractivity contribution >= 4 is 17.4 Å². The predicted octanol–water partition coefficient (Wildman–Crippen LogP) is 2.34. The van der Waals surface area contributed by atoms with Gasteiger partial charge < -0.3 is 24.1 Å². The Hall–Kier alpha value is -3.95. The van der Waals surface area contributed by atoms with E-state index in [0.29, 0.717) is 40.0 Å². The summed E-state index contributed by atoms with van der Waals surface area (Å²) >= 11 is 0. The van der Waals surface area contributed by atoms with Gasteiger partial charge in [-0.25, -0.2) is 4.52 Å². The molecule has 0 saturated carbocycles. The van der Waals surface area contributed by atoms with Gasteiger partial charge in [0.1, 0.15) is 11.2 Å². The van der Waals surface area contributed by atoms with Crippen LogP contribution in [0.4, 0.5) is 5.82 Å². The quantitative estimate of drug-likeness (QED) is 0.518. The highest BCUT2D eigenvalue weighted by Gasteiger charge is 2.18. The largest absolute Gasteiger partial charge is 0.493 e. The minimum absolute atomic E-state index is 0.301. The molecule has 1 aromatic carbocycles. The lowest BCUT2D eigenvalue weighted by Gasteiger charge is -2.13. The van der Waals surface area contributed by atoms with E-state index in [2.05, 4.69) is 20.6 Å². The fourth-order valence-corrected chi connectivity index (χ4v) is 3.16. The predicted molar refractivity (Wildman–Crippen MR) is 106 cm³/mol. The molecule has 0 saturated heterocycles. The van der Waals surface area contributed by atoms with Crippen molar-refractivity contribution in [3.8, 4) is 28.5 Å². The fourth-order valence-electron chi connectivity index (χ4n) is 3.16. The molecule has 0 radical (unpaired) electrons. The molecule has 0 atom stereocenters. The summed E-state index contributed by atoms with van der Waals surface area (Å²) in [6.45, 7) is 0. The molecule has 150 valence electrons. The first-order chi connectivity index (χ1) is 14.0. The second-order valence-electron chi connectivity index (χ2n) is 6.27. The number of carbonyl (C=O) groups is 1. The number of aromatic amines is 1. The van der Waals surface area contributed by atoms with Gasteiger partial charge in [-0.3, -0.25) is 9.89 Å². The first-order valence-electron chi connectivity index (χ1n) is 8.71. The first kappa shape index (κ1) is 18.4. The third-order valence-corrected chi connectivity index (χ3v) is 4.57. The Morgan fingerprint density at radius 1 is 1.07 bits per heavy atom. The number of aromatic nitrogens is 5. The van der Waals surface area contributed by atoms with Crippen LogP contribution in [0, 0.1) is 0 Å². The summed E-state index contributed by atoms with van der Waals surface area (Å²) in [5.74, 6) is 1.62. The second-order valence-corrected chi connectivity index (χ2v) is 6.27. The van der Waals surface area contributed by atoms with Gasteiger partial charge in [-0.2, -0.15) is 10.2 Å². The molecule has 0 fully saturated rings. The number of imidazole rings is 1. The Kier molecular flexibility index (Phi) is 4.59. The van der Waals surface area contributed by atoms with Crippen LogP contribution in [0.2, 0.25) is 0 Å². The van der Waals surface area contributed by atoms with Crippen LogP contribution >= 0.6 is 0 Å². The lowest BCUT2D eigenvalue weighted by molar-refractivity contribution is 0.102. The Morgan fingerprint density at radius 3 is 2.45 bits per heavy atom. The third kappa shape index (κ3) is 3.14. The van der Waals surface area contributed by atoms with Crippen molar-refractivity contribution in [1.82, 2.24) is 24.4 Å². The Labute approximate surface area is 166 Å². The fraction of sp³-hybridized carbons (Fsp3) is 0.211. The van der Waals surface area contributed by atoms with Crippen molar-refractivity contribution < 1.29 is 19.0 Å². The SMILES string of the molecule is COc1cc(-c2cc(NC(=O)c3cnn4ccn(C)c34)n[nH]2)cc(OC)c1OC. The number of anilines is 1. The van der Waals surface area contributed by atoms with Crippen LogP contribution in [-0.2, 0) is 7.05 Å². The summed E-state index contributed by atoms with van der Waals surface area (Å²) in [5.41, 5.74) is 2.60. The molecule has 0 spiro atoms. The summed E-state index contributed by atoms with van der Waals surface area (Å²) in [6.07, 6.45) is 5.14. The van der Waals surface area contributed by atoms with Crippen molar-refractivity contribution in [3.63, 3.8) is 0 Å². The lowest BCUT2D eigenvalue weighted by atomic mass is 10.1. The van der Waals surface area contributed by atoms with E-state index in [1.165, 1.54) is 6.20 Å². The van der Waals surface area contributed by atoms with Gasteiger partial charge in [0.15, 0.2) is 17.3 Å². The number of hydrogen-bond donors (Lipinski definition) is 2. The highest BCUT2D eigenvalue weighted by atomic mass is 16.5. The summed E-state index contributed by atoms with van der Waals surface area (Å²) in [6, 6.07) is 5.32. The standard InChI is InChI=1S/C19H20N6O4/c1-24-5-6-25-19(24)12(10-20-25)18(26)21-16-9-13(22-23-16)11-7-14(27-2)17(29-4)15(8-11)28-3/h5-10H,1-4H3,(H2,21,22,23,26). The zero-order valence-corrected chi connectivity index (χ0v) is 16.4. The lowest BCUT2D eigenvalue weighted by Crippen LogP contribution is -2.12. The van der Waals surface area contributed by atoms with Gasteiger partial charge in [-0.15, -0.1) is 0 Å². The van der Waals surface area contributed by atoms with E-state index in [0.717, 1.165) is 5.56 Å². The Balaban J connectivity index is 1.62. The monoisotopic (exact) mass is 396 g/mol. The average molecular weight is 396 g/mol. The van der Waals surface area contributed by atoms with Crippen LogP contribution in [-0.4, -0.2) is 51.6 Å². The molecule has 3 aromatic heterocycles. The van der Waals surface area contributed by atoms with Gasteiger partial charge in [0.25, 0.3) is 5.91 Å². The number of nitrogens with one attached hydrogen (secondary N) is 2. The van der Waals surface area contributed by atoms with E-state index in [9.17, 15) is 4.79 Å². The summed E-state index contributed by atoms with van der Waals surface area (Å²) in [4.78, 5) is 12.7. The normalized spacial score (nSPS) is 10.9. The first-order valence-corrected chi connectivity index (χ1v) is 8.71. The van der Waals surface area contributed by atoms with E-state index in [1.54, 1.807) is 50.2 Å². The van der Waals surface area contributed by atoms with E-state index in [-0.39, 0.29) is 5.91 Å². The van der Waals surface area contributed by atoms with Crippen molar-refractivity contribution in [1.29, 1.82) is 0 Å². The third-order valence-electron chi connectivity index (χ3n) is 4.57. The van der Waals surface area contributed by atoms with Crippen LogP contribution in [0.3, 0.4) is 0 Å². The maximum absolute atomic E-state index is 12.7. The highest BCUT2D eigenvalue weighted by molar-refractivity contribution is 6.08. The van der Waals surface area contributed by atoms with Gasteiger partial charge in [0.2, 0.25) is 5.75 Å². The molecule has 0 aliphatic rings.